The Morgan fingerprint density at radius 3 is 2.24 bits per heavy atom. The molecule has 0 aliphatic rings. The van der Waals surface area contributed by atoms with E-state index in [1.165, 1.54) is 6.26 Å². The number of benzene rings is 2. The first-order valence-corrected chi connectivity index (χ1v) is 6.86. The van der Waals surface area contributed by atoms with Gasteiger partial charge in [0.25, 0.3) is 0 Å². The summed E-state index contributed by atoms with van der Waals surface area (Å²) in [6, 6.07) is 17.5. The van der Waals surface area contributed by atoms with Crippen molar-refractivity contribution in [2.45, 2.75) is 13.8 Å². The van der Waals surface area contributed by atoms with Crippen molar-refractivity contribution >= 4 is 5.97 Å². The van der Waals surface area contributed by atoms with E-state index in [0.717, 1.165) is 11.1 Å². The van der Waals surface area contributed by atoms with Gasteiger partial charge < -0.3 is 9.47 Å². The van der Waals surface area contributed by atoms with Crippen LogP contribution in [0.1, 0.15) is 13.8 Å². The van der Waals surface area contributed by atoms with Crippen molar-refractivity contribution in [2.24, 2.45) is 0 Å². The second-order valence-electron chi connectivity index (χ2n) is 4.54. The average molecular weight is 282 g/mol. The van der Waals surface area contributed by atoms with E-state index in [1.54, 1.807) is 19.1 Å². The molecule has 0 N–H and O–H groups in total. The van der Waals surface area contributed by atoms with Gasteiger partial charge in [-0.3, -0.25) is 0 Å². The molecule has 108 valence electrons. The lowest BCUT2D eigenvalue weighted by Crippen LogP contribution is -2.09. The molecule has 2 aromatic carbocycles. The lowest BCUT2D eigenvalue weighted by molar-refractivity contribution is -0.130. The van der Waals surface area contributed by atoms with E-state index in [9.17, 15) is 4.79 Å². The minimum Gasteiger partial charge on any atom is -0.501 e. The predicted molar refractivity (Wildman–Crippen MR) is 82.9 cm³/mol. The first-order valence-electron chi connectivity index (χ1n) is 6.86. The number of carbonyl (C=O) groups excluding carboxylic acids is 1. The standard InChI is InChI=1S/C18H18O3/c1-3-20-13-14(2)18(19)21-17-11-9-16(10-12-17)15-7-5-4-6-8-15/h4-13H,3H2,1-2H3. The van der Waals surface area contributed by atoms with Crippen LogP contribution in [0.5, 0.6) is 5.75 Å². The highest BCUT2D eigenvalue weighted by molar-refractivity contribution is 5.89. The Morgan fingerprint density at radius 1 is 1.00 bits per heavy atom. The van der Waals surface area contributed by atoms with Crippen LogP contribution in [0.3, 0.4) is 0 Å². The largest absolute Gasteiger partial charge is 0.501 e. The fourth-order valence-corrected chi connectivity index (χ4v) is 1.79. The topological polar surface area (TPSA) is 35.5 Å². The Balaban J connectivity index is 2.05. The smallest absolute Gasteiger partial charge is 0.342 e. The Labute approximate surface area is 124 Å². The zero-order chi connectivity index (χ0) is 15.1. The third-order valence-electron chi connectivity index (χ3n) is 2.92. The fraction of sp³-hybridized carbons (Fsp3) is 0.167. The Hall–Kier alpha value is -2.55. The minimum atomic E-state index is -0.407. The molecule has 0 unspecified atom stereocenters. The number of rotatable bonds is 5. The fourth-order valence-electron chi connectivity index (χ4n) is 1.79. The van der Waals surface area contributed by atoms with Crippen LogP contribution in [0.15, 0.2) is 66.4 Å². The van der Waals surface area contributed by atoms with Crippen LogP contribution in [0.25, 0.3) is 11.1 Å². The lowest BCUT2D eigenvalue weighted by Gasteiger charge is -2.06. The first kappa shape index (κ1) is 14.9. The zero-order valence-corrected chi connectivity index (χ0v) is 12.2. The van der Waals surface area contributed by atoms with E-state index in [4.69, 9.17) is 9.47 Å². The number of carbonyl (C=O) groups is 1. The summed E-state index contributed by atoms with van der Waals surface area (Å²) >= 11 is 0. The van der Waals surface area contributed by atoms with Gasteiger partial charge >= 0.3 is 5.97 Å². The molecule has 0 bridgehead atoms. The third kappa shape index (κ3) is 4.21. The second kappa shape index (κ2) is 7.29. The maximum atomic E-state index is 11.8. The highest BCUT2D eigenvalue weighted by Crippen LogP contribution is 2.22. The normalized spacial score (nSPS) is 11.0. The van der Waals surface area contributed by atoms with E-state index in [0.29, 0.717) is 17.9 Å². The molecule has 0 aliphatic carbocycles. The van der Waals surface area contributed by atoms with Crippen molar-refractivity contribution in [1.82, 2.24) is 0 Å². The minimum absolute atomic E-state index is 0.407. The molecular weight excluding hydrogens is 264 g/mol. The molecular formula is C18H18O3. The van der Waals surface area contributed by atoms with Crippen molar-refractivity contribution in [3.8, 4) is 16.9 Å². The molecule has 0 fully saturated rings. The van der Waals surface area contributed by atoms with Gasteiger partial charge in [-0.25, -0.2) is 4.79 Å². The van der Waals surface area contributed by atoms with Crippen LogP contribution in [-0.4, -0.2) is 12.6 Å². The van der Waals surface area contributed by atoms with Crippen LogP contribution >= 0.6 is 0 Å². The van der Waals surface area contributed by atoms with Crippen LogP contribution < -0.4 is 4.74 Å². The van der Waals surface area contributed by atoms with Gasteiger partial charge in [-0.2, -0.15) is 0 Å². The van der Waals surface area contributed by atoms with E-state index in [-0.39, 0.29) is 0 Å². The summed E-state index contributed by atoms with van der Waals surface area (Å²) in [6.45, 7) is 4.05. The van der Waals surface area contributed by atoms with E-state index < -0.39 is 5.97 Å². The van der Waals surface area contributed by atoms with Crippen molar-refractivity contribution in [3.63, 3.8) is 0 Å². The summed E-state index contributed by atoms with van der Waals surface area (Å²) in [5.41, 5.74) is 2.64. The molecule has 0 saturated carbocycles. The monoisotopic (exact) mass is 282 g/mol. The van der Waals surface area contributed by atoms with Gasteiger partial charge in [-0.1, -0.05) is 42.5 Å². The van der Waals surface area contributed by atoms with E-state index in [1.807, 2.05) is 49.4 Å². The molecule has 21 heavy (non-hydrogen) atoms. The lowest BCUT2D eigenvalue weighted by atomic mass is 10.1. The molecule has 0 aliphatic heterocycles. The number of hydrogen-bond donors (Lipinski definition) is 0. The molecule has 0 saturated heterocycles. The van der Waals surface area contributed by atoms with Gasteiger partial charge in [-0.05, 0) is 37.1 Å². The highest BCUT2D eigenvalue weighted by atomic mass is 16.5. The van der Waals surface area contributed by atoms with Gasteiger partial charge in [0.05, 0.1) is 18.4 Å². The third-order valence-corrected chi connectivity index (χ3v) is 2.92. The molecule has 3 nitrogen and oxygen atoms in total. The molecule has 2 rings (SSSR count). The SMILES string of the molecule is CCOC=C(C)C(=O)Oc1ccc(-c2ccccc2)cc1. The van der Waals surface area contributed by atoms with E-state index in [2.05, 4.69) is 0 Å². The molecule has 0 aromatic heterocycles. The van der Waals surface area contributed by atoms with E-state index >= 15 is 0 Å². The highest BCUT2D eigenvalue weighted by Gasteiger charge is 2.08. The number of hydrogen-bond acceptors (Lipinski definition) is 3. The first-order chi connectivity index (χ1) is 10.2. The summed E-state index contributed by atoms with van der Waals surface area (Å²) in [5, 5.41) is 0. The van der Waals surface area contributed by atoms with Crippen molar-refractivity contribution in [3.05, 3.63) is 66.4 Å². The molecule has 2 aromatic rings. The molecule has 0 heterocycles. The molecule has 0 amide bonds. The van der Waals surface area contributed by atoms with Gasteiger partial charge in [0.1, 0.15) is 5.75 Å². The van der Waals surface area contributed by atoms with Crippen LogP contribution in [0.2, 0.25) is 0 Å². The quantitative estimate of drug-likeness (QED) is 0.357. The second-order valence-corrected chi connectivity index (χ2v) is 4.54. The van der Waals surface area contributed by atoms with Gasteiger partial charge in [0.15, 0.2) is 0 Å². The molecule has 0 radical (unpaired) electrons. The summed E-state index contributed by atoms with van der Waals surface area (Å²) < 4.78 is 10.3. The Morgan fingerprint density at radius 2 is 1.62 bits per heavy atom. The Kier molecular flexibility index (Phi) is 5.16. The summed E-state index contributed by atoms with van der Waals surface area (Å²) in [7, 11) is 0. The maximum Gasteiger partial charge on any atom is 0.342 e. The number of ether oxygens (including phenoxy) is 2. The van der Waals surface area contributed by atoms with Crippen LogP contribution in [-0.2, 0) is 9.53 Å². The molecule has 3 heteroatoms. The van der Waals surface area contributed by atoms with Crippen molar-refractivity contribution in [1.29, 1.82) is 0 Å². The predicted octanol–water partition coefficient (Wildman–Crippen LogP) is 4.20. The van der Waals surface area contributed by atoms with Crippen molar-refractivity contribution in [2.75, 3.05) is 6.61 Å². The van der Waals surface area contributed by atoms with Crippen molar-refractivity contribution < 1.29 is 14.3 Å². The average Bonchev–Trinajstić information content (AvgIpc) is 2.54. The maximum absolute atomic E-state index is 11.8. The van der Waals surface area contributed by atoms with Gasteiger partial charge in [0.2, 0.25) is 0 Å². The zero-order valence-electron chi connectivity index (χ0n) is 12.2. The molecule has 0 atom stereocenters. The van der Waals surface area contributed by atoms with Crippen LogP contribution in [0.4, 0.5) is 0 Å². The molecule has 0 spiro atoms. The van der Waals surface area contributed by atoms with Gasteiger partial charge in [0, 0.05) is 0 Å². The summed E-state index contributed by atoms with van der Waals surface area (Å²) in [4.78, 5) is 11.8. The van der Waals surface area contributed by atoms with Crippen LogP contribution in [0, 0.1) is 0 Å². The Bertz CT molecular complexity index is 613. The number of esters is 1. The summed E-state index contributed by atoms with van der Waals surface area (Å²) in [5.74, 6) is 0.111. The summed E-state index contributed by atoms with van der Waals surface area (Å²) in [6.07, 6.45) is 1.42. The van der Waals surface area contributed by atoms with Gasteiger partial charge in [-0.15, -0.1) is 0 Å².